The summed E-state index contributed by atoms with van der Waals surface area (Å²) in [5.41, 5.74) is 2.16. The molecule has 2 atom stereocenters. The highest BCUT2D eigenvalue weighted by Crippen LogP contribution is 2.25. The standard InChI is InChI=1S/C15H17ClN2O/c1-10-14(6-8-19-10)18-9-11-4-5-13(16)12-3-2-7-17-15(11)12/h2-5,7,10,14,18H,6,8-9H2,1H3. The third-order valence-electron chi connectivity index (χ3n) is 3.73. The fourth-order valence-corrected chi connectivity index (χ4v) is 2.80. The van der Waals surface area contributed by atoms with E-state index in [1.807, 2.05) is 30.5 Å². The van der Waals surface area contributed by atoms with E-state index in [0.717, 1.165) is 35.5 Å². The molecule has 2 unspecified atom stereocenters. The van der Waals surface area contributed by atoms with Gasteiger partial charge in [-0.05, 0) is 37.1 Å². The van der Waals surface area contributed by atoms with Crippen molar-refractivity contribution >= 4 is 22.5 Å². The summed E-state index contributed by atoms with van der Waals surface area (Å²) in [5.74, 6) is 0. The van der Waals surface area contributed by atoms with Crippen LogP contribution < -0.4 is 5.32 Å². The number of benzene rings is 1. The van der Waals surface area contributed by atoms with Gasteiger partial charge in [-0.2, -0.15) is 0 Å². The van der Waals surface area contributed by atoms with Crippen LogP contribution in [0.3, 0.4) is 0 Å². The Bertz CT molecular complexity index is 587. The molecule has 0 aliphatic carbocycles. The lowest BCUT2D eigenvalue weighted by Crippen LogP contribution is -2.34. The summed E-state index contributed by atoms with van der Waals surface area (Å²) in [6.07, 6.45) is 3.16. The third kappa shape index (κ3) is 2.59. The molecular weight excluding hydrogens is 260 g/mol. The Morgan fingerprint density at radius 3 is 3.11 bits per heavy atom. The first-order chi connectivity index (χ1) is 9.25. The number of pyridine rings is 1. The van der Waals surface area contributed by atoms with Crippen LogP contribution in [0.4, 0.5) is 0 Å². The van der Waals surface area contributed by atoms with E-state index < -0.39 is 0 Å². The zero-order chi connectivity index (χ0) is 13.2. The van der Waals surface area contributed by atoms with Crippen LogP contribution in [0.2, 0.25) is 5.02 Å². The molecule has 1 aliphatic heterocycles. The van der Waals surface area contributed by atoms with Crippen LogP contribution in [-0.2, 0) is 11.3 Å². The van der Waals surface area contributed by atoms with Gasteiger partial charge >= 0.3 is 0 Å². The predicted octanol–water partition coefficient (Wildman–Crippen LogP) is 3.16. The topological polar surface area (TPSA) is 34.1 Å². The average molecular weight is 277 g/mol. The van der Waals surface area contributed by atoms with Crippen molar-refractivity contribution < 1.29 is 4.74 Å². The second-order valence-corrected chi connectivity index (χ2v) is 5.37. The normalized spacial score (nSPS) is 23.1. The van der Waals surface area contributed by atoms with Gasteiger partial charge in [-0.25, -0.2) is 0 Å². The number of nitrogens with zero attached hydrogens (tertiary/aromatic N) is 1. The average Bonchev–Trinajstić information content (AvgIpc) is 2.84. The van der Waals surface area contributed by atoms with E-state index in [9.17, 15) is 0 Å². The first kappa shape index (κ1) is 12.9. The van der Waals surface area contributed by atoms with Gasteiger partial charge in [0.15, 0.2) is 0 Å². The molecule has 2 heterocycles. The van der Waals surface area contributed by atoms with Crippen LogP contribution >= 0.6 is 11.6 Å². The van der Waals surface area contributed by atoms with E-state index in [0.29, 0.717) is 6.04 Å². The van der Waals surface area contributed by atoms with E-state index in [2.05, 4.69) is 17.2 Å². The lowest BCUT2D eigenvalue weighted by molar-refractivity contribution is 0.113. The van der Waals surface area contributed by atoms with E-state index in [4.69, 9.17) is 16.3 Å². The molecule has 1 aromatic heterocycles. The summed E-state index contributed by atoms with van der Waals surface area (Å²) >= 11 is 6.20. The van der Waals surface area contributed by atoms with Crippen molar-refractivity contribution in [2.45, 2.75) is 32.0 Å². The van der Waals surface area contributed by atoms with E-state index >= 15 is 0 Å². The molecule has 0 spiro atoms. The highest BCUT2D eigenvalue weighted by molar-refractivity contribution is 6.35. The van der Waals surface area contributed by atoms with Gasteiger partial charge in [0.25, 0.3) is 0 Å². The molecule has 1 aromatic carbocycles. The maximum Gasteiger partial charge on any atom is 0.0761 e. The number of halogens is 1. The molecule has 1 fully saturated rings. The molecule has 1 saturated heterocycles. The molecule has 0 amide bonds. The Balaban J connectivity index is 1.83. The van der Waals surface area contributed by atoms with Crippen LogP contribution in [0.1, 0.15) is 18.9 Å². The molecule has 3 nitrogen and oxygen atoms in total. The first-order valence-electron chi connectivity index (χ1n) is 6.63. The number of nitrogens with one attached hydrogen (secondary N) is 1. The van der Waals surface area contributed by atoms with E-state index in [1.165, 1.54) is 5.56 Å². The molecule has 2 aromatic rings. The minimum Gasteiger partial charge on any atom is -0.377 e. The minimum atomic E-state index is 0.284. The van der Waals surface area contributed by atoms with Crippen molar-refractivity contribution in [2.75, 3.05) is 6.61 Å². The Kier molecular flexibility index (Phi) is 3.69. The number of fused-ring (bicyclic) bond motifs is 1. The molecule has 1 N–H and O–H groups in total. The van der Waals surface area contributed by atoms with Gasteiger partial charge in [0.2, 0.25) is 0 Å². The lowest BCUT2D eigenvalue weighted by Gasteiger charge is -2.16. The molecule has 19 heavy (non-hydrogen) atoms. The fraction of sp³-hybridized carbons (Fsp3) is 0.400. The monoisotopic (exact) mass is 276 g/mol. The summed E-state index contributed by atoms with van der Waals surface area (Å²) in [4.78, 5) is 4.45. The van der Waals surface area contributed by atoms with Crippen molar-refractivity contribution in [3.8, 4) is 0 Å². The molecule has 1 aliphatic rings. The van der Waals surface area contributed by atoms with Crippen molar-refractivity contribution in [3.63, 3.8) is 0 Å². The molecular formula is C15H17ClN2O. The van der Waals surface area contributed by atoms with Gasteiger partial charge in [0, 0.05) is 35.8 Å². The SMILES string of the molecule is CC1OCCC1NCc1ccc(Cl)c2cccnc12. The highest BCUT2D eigenvalue weighted by atomic mass is 35.5. The molecule has 3 rings (SSSR count). The number of ether oxygens (including phenoxy) is 1. The van der Waals surface area contributed by atoms with Crippen molar-refractivity contribution in [1.82, 2.24) is 10.3 Å². The zero-order valence-electron chi connectivity index (χ0n) is 10.9. The summed E-state index contributed by atoms with van der Waals surface area (Å²) in [6, 6.07) is 8.34. The Morgan fingerprint density at radius 2 is 2.32 bits per heavy atom. The lowest BCUT2D eigenvalue weighted by atomic mass is 10.1. The molecule has 0 saturated carbocycles. The van der Waals surface area contributed by atoms with Crippen molar-refractivity contribution in [3.05, 3.63) is 41.0 Å². The molecule has 0 radical (unpaired) electrons. The fourth-order valence-electron chi connectivity index (χ4n) is 2.58. The smallest absolute Gasteiger partial charge is 0.0761 e. The maximum atomic E-state index is 6.20. The van der Waals surface area contributed by atoms with Gasteiger partial charge in [-0.3, -0.25) is 4.98 Å². The highest BCUT2D eigenvalue weighted by Gasteiger charge is 2.23. The van der Waals surface area contributed by atoms with Crippen LogP contribution in [0.15, 0.2) is 30.5 Å². The summed E-state index contributed by atoms with van der Waals surface area (Å²) in [7, 11) is 0. The molecule has 0 bridgehead atoms. The van der Waals surface area contributed by atoms with Crippen LogP contribution in [-0.4, -0.2) is 23.7 Å². The Hall–Kier alpha value is -1.16. The second kappa shape index (κ2) is 5.45. The molecule has 4 heteroatoms. The number of hydrogen-bond donors (Lipinski definition) is 1. The summed E-state index contributed by atoms with van der Waals surface area (Å²) in [6.45, 7) is 3.75. The van der Waals surface area contributed by atoms with Gasteiger partial charge in [0.1, 0.15) is 0 Å². The quantitative estimate of drug-likeness (QED) is 0.935. The summed E-state index contributed by atoms with van der Waals surface area (Å²) < 4.78 is 5.56. The minimum absolute atomic E-state index is 0.284. The second-order valence-electron chi connectivity index (χ2n) is 4.96. The van der Waals surface area contributed by atoms with Gasteiger partial charge < -0.3 is 10.1 Å². The van der Waals surface area contributed by atoms with Gasteiger partial charge in [0.05, 0.1) is 11.6 Å². The van der Waals surface area contributed by atoms with Gasteiger partial charge in [-0.15, -0.1) is 0 Å². The van der Waals surface area contributed by atoms with Gasteiger partial charge in [-0.1, -0.05) is 17.7 Å². The largest absolute Gasteiger partial charge is 0.377 e. The number of rotatable bonds is 3. The first-order valence-corrected chi connectivity index (χ1v) is 7.00. The van der Waals surface area contributed by atoms with Crippen molar-refractivity contribution in [2.24, 2.45) is 0 Å². The molecule has 100 valence electrons. The number of aromatic nitrogens is 1. The summed E-state index contributed by atoms with van der Waals surface area (Å²) in [5, 5.41) is 5.32. The van der Waals surface area contributed by atoms with Crippen LogP contribution in [0.5, 0.6) is 0 Å². The van der Waals surface area contributed by atoms with Crippen LogP contribution in [0.25, 0.3) is 10.9 Å². The maximum absolute atomic E-state index is 6.20. The van der Waals surface area contributed by atoms with E-state index in [1.54, 1.807) is 0 Å². The third-order valence-corrected chi connectivity index (χ3v) is 4.06. The van der Waals surface area contributed by atoms with Crippen molar-refractivity contribution in [1.29, 1.82) is 0 Å². The van der Waals surface area contributed by atoms with Crippen LogP contribution in [0, 0.1) is 0 Å². The van der Waals surface area contributed by atoms with E-state index in [-0.39, 0.29) is 6.10 Å². The Labute approximate surface area is 117 Å². The predicted molar refractivity (Wildman–Crippen MR) is 77.4 cm³/mol. The number of hydrogen-bond acceptors (Lipinski definition) is 3. The Morgan fingerprint density at radius 1 is 1.42 bits per heavy atom. The zero-order valence-corrected chi connectivity index (χ0v) is 11.7.